The standard InChI is InChI=1S/C30H37NO2S2/c1-28(2,25-14-8-20-34-25)22-29(26-15-9-21-35-26)16-18-31(19-17-29)27(32)30(33,24-12-6-7-13-24)23-10-4-3-5-11-23/h3-5,8-11,14-15,20-21,24,33H,6-7,12-13,16-19,22H2,1-2H3/t30-/m0/s1. The van der Waals surface area contributed by atoms with E-state index in [4.69, 9.17) is 0 Å². The smallest absolute Gasteiger partial charge is 0.259 e. The van der Waals surface area contributed by atoms with Crippen LogP contribution in [0.15, 0.2) is 65.4 Å². The fourth-order valence-electron chi connectivity index (χ4n) is 6.64. The van der Waals surface area contributed by atoms with Crippen LogP contribution >= 0.6 is 22.7 Å². The van der Waals surface area contributed by atoms with E-state index in [1.165, 1.54) is 9.75 Å². The molecule has 2 aromatic heterocycles. The predicted molar refractivity (Wildman–Crippen MR) is 146 cm³/mol. The lowest BCUT2D eigenvalue weighted by atomic mass is 9.66. The summed E-state index contributed by atoms with van der Waals surface area (Å²) in [6.45, 7) is 6.11. The van der Waals surface area contributed by atoms with Gasteiger partial charge in [-0.25, -0.2) is 0 Å². The van der Waals surface area contributed by atoms with Crippen LogP contribution < -0.4 is 0 Å². The molecule has 0 unspecified atom stereocenters. The molecule has 186 valence electrons. The molecule has 5 heteroatoms. The van der Waals surface area contributed by atoms with E-state index in [9.17, 15) is 9.90 Å². The van der Waals surface area contributed by atoms with Gasteiger partial charge in [-0.1, -0.05) is 69.2 Å². The Morgan fingerprint density at radius 2 is 1.63 bits per heavy atom. The minimum absolute atomic E-state index is 0.000795. The summed E-state index contributed by atoms with van der Waals surface area (Å²) in [5.74, 6) is -0.0907. The number of thiophene rings is 2. The first-order chi connectivity index (χ1) is 16.9. The van der Waals surface area contributed by atoms with Crippen LogP contribution in [0.1, 0.15) is 74.1 Å². The van der Waals surface area contributed by atoms with E-state index in [1.807, 2.05) is 57.9 Å². The van der Waals surface area contributed by atoms with Crippen LogP contribution in [0.25, 0.3) is 0 Å². The number of piperidine rings is 1. The second-order valence-corrected chi connectivity index (χ2v) is 13.1. The number of amides is 1. The topological polar surface area (TPSA) is 40.5 Å². The number of carbonyl (C=O) groups excluding carboxylic acids is 1. The minimum atomic E-state index is -1.42. The monoisotopic (exact) mass is 507 g/mol. The van der Waals surface area contributed by atoms with Gasteiger partial charge in [0.2, 0.25) is 0 Å². The van der Waals surface area contributed by atoms with E-state index >= 15 is 0 Å². The summed E-state index contributed by atoms with van der Waals surface area (Å²) < 4.78 is 0. The van der Waals surface area contributed by atoms with Gasteiger partial charge in [0, 0.05) is 34.2 Å². The zero-order valence-corrected chi connectivity index (χ0v) is 22.5. The number of carbonyl (C=O) groups is 1. The quantitative estimate of drug-likeness (QED) is 0.370. The van der Waals surface area contributed by atoms with Crippen molar-refractivity contribution in [1.82, 2.24) is 4.90 Å². The summed E-state index contributed by atoms with van der Waals surface area (Å²) in [5, 5.41) is 16.4. The molecule has 5 rings (SSSR count). The van der Waals surface area contributed by atoms with Crippen molar-refractivity contribution in [3.63, 3.8) is 0 Å². The van der Waals surface area contributed by atoms with Crippen molar-refractivity contribution in [3.05, 3.63) is 80.7 Å². The third-order valence-electron chi connectivity index (χ3n) is 8.51. The van der Waals surface area contributed by atoms with Crippen molar-refractivity contribution in [1.29, 1.82) is 0 Å². The number of rotatable bonds is 7. The molecular weight excluding hydrogens is 470 g/mol. The lowest BCUT2D eigenvalue weighted by Gasteiger charge is -2.47. The summed E-state index contributed by atoms with van der Waals surface area (Å²) in [6.07, 6.45) is 6.94. The lowest BCUT2D eigenvalue weighted by Crippen LogP contribution is -2.55. The van der Waals surface area contributed by atoms with E-state index in [1.54, 1.807) is 0 Å². The van der Waals surface area contributed by atoms with Gasteiger partial charge in [0.15, 0.2) is 5.60 Å². The van der Waals surface area contributed by atoms with Gasteiger partial charge in [0.1, 0.15) is 0 Å². The maximum Gasteiger partial charge on any atom is 0.259 e. The zero-order valence-electron chi connectivity index (χ0n) is 20.9. The van der Waals surface area contributed by atoms with Gasteiger partial charge in [-0.2, -0.15) is 0 Å². The highest BCUT2D eigenvalue weighted by molar-refractivity contribution is 7.10. The third-order valence-corrected chi connectivity index (χ3v) is 10.9. The summed E-state index contributed by atoms with van der Waals surface area (Å²) in [6, 6.07) is 18.5. The summed E-state index contributed by atoms with van der Waals surface area (Å²) in [5.41, 5.74) is -0.544. The largest absolute Gasteiger partial charge is 0.375 e. The first-order valence-corrected chi connectivity index (χ1v) is 14.8. The normalized spacial score (nSPS) is 20.6. The van der Waals surface area contributed by atoms with Crippen LogP contribution in [0.5, 0.6) is 0 Å². The molecule has 1 atom stereocenters. The van der Waals surface area contributed by atoms with E-state index in [0.717, 1.165) is 50.5 Å². The van der Waals surface area contributed by atoms with Crippen molar-refractivity contribution in [2.45, 2.75) is 75.2 Å². The van der Waals surface area contributed by atoms with Gasteiger partial charge < -0.3 is 10.0 Å². The zero-order chi connectivity index (χ0) is 24.5. The molecule has 2 fully saturated rings. The van der Waals surface area contributed by atoms with Crippen LogP contribution in [0, 0.1) is 5.92 Å². The number of hydrogen-bond acceptors (Lipinski definition) is 4. The van der Waals surface area contributed by atoms with Crippen molar-refractivity contribution < 1.29 is 9.90 Å². The fraction of sp³-hybridized carbons (Fsp3) is 0.500. The molecule has 1 amide bonds. The Morgan fingerprint density at radius 3 is 2.23 bits per heavy atom. The molecule has 1 aliphatic carbocycles. The highest BCUT2D eigenvalue weighted by atomic mass is 32.1. The van der Waals surface area contributed by atoms with Crippen LogP contribution in [0.2, 0.25) is 0 Å². The van der Waals surface area contributed by atoms with Crippen molar-refractivity contribution >= 4 is 28.6 Å². The molecule has 1 saturated carbocycles. The Bertz CT molecular complexity index is 1090. The van der Waals surface area contributed by atoms with Gasteiger partial charge in [-0.3, -0.25) is 4.79 Å². The maximum absolute atomic E-state index is 14.1. The number of nitrogens with zero attached hydrogens (tertiary/aromatic N) is 1. The Labute approximate surface area is 217 Å². The number of hydrogen-bond donors (Lipinski definition) is 1. The van der Waals surface area contributed by atoms with E-state index < -0.39 is 5.60 Å². The fourth-order valence-corrected chi connectivity index (χ4v) is 8.48. The Balaban J connectivity index is 1.40. The lowest BCUT2D eigenvalue weighted by molar-refractivity contribution is -0.161. The highest BCUT2D eigenvalue weighted by Crippen LogP contribution is 2.49. The number of likely N-dealkylation sites (tertiary alicyclic amines) is 1. The van der Waals surface area contributed by atoms with E-state index in [0.29, 0.717) is 13.1 Å². The first-order valence-electron chi connectivity index (χ1n) is 13.0. The van der Waals surface area contributed by atoms with Crippen LogP contribution in [-0.2, 0) is 21.2 Å². The van der Waals surface area contributed by atoms with Crippen molar-refractivity contribution in [3.8, 4) is 0 Å². The van der Waals surface area contributed by atoms with E-state index in [-0.39, 0.29) is 22.7 Å². The van der Waals surface area contributed by atoms with Gasteiger partial charge in [-0.15, -0.1) is 22.7 Å². The molecule has 0 radical (unpaired) electrons. The van der Waals surface area contributed by atoms with Crippen molar-refractivity contribution in [2.24, 2.45) is 5.92 Å². The average Bonchev–Trinajstić information content (AvgIpc) is 3.67. The van der Waals surface area contributed by atoms with Crippen LogP contribution in [-0.4, -0.2) is 29.0 Å². The third kappa shape index (κ3) is 4.63. The number of aliphatic hydroxyl groups is 1. The second kappa shape index (κ2) is 9.84. The Morgan fingerprint density at radius 1 is 0.971 bits per heavy atom. The first kappa shape index (κ1) is 24.7. The maximum atomic E-state index is 14.1. The second-order valence-electron chi connectivity index (χ2n) is 11.2. The van der Waals surface area contributed by atoms with Gasteiger partial charge in [0.05, 0.1) is 0 Å². The predicted octanol–water partition coefficient (Wildman–Crippen LogP) is 7.12. The van der Waals surface area contributed by atoms with Crippen LogP contribution in [0.3, 0.4) is 0 Å². The molecule has 0 spiro atoms. The molecule has 3 heterocycles. The van der Waals surface area contributed by atoms with Gasteiger partial charge in [0.25, 0.3) is 5.91 Å². The Hall–Kier alpha value is -1.95. The molecule has 1 N–H and O–H groups in total. The van der Waals surface area contributed by atoms with Gasteiger partial charge in [-0.05, 0) is 66.0 Å². The molecule has 2 aliphatic rings. The summed E-state index contributed by atoms with van der Waals surface area (Å²) in [7, 11) is 0. The SMILES string of the molecule is CC(C)(CC1(c2cccs2)CCN(C(=O)[C@](O)(c2ccccc2)C2CCCC2)CC1)c1cccs1. The average molecular weight is 508 g/mol. The molecule has 1 aromatic carbocycles. The van der Waals surface area contributed by atoms with Gasteiger partial charge >= 0.3 is 0 Å². The molecular formula is C30H37NO2S2. The summed E-state index contributed by atoms with van der Waals surface area (Å²) >= 11 is 3.69. The molecule has 0 bridgehead atoms. The Kier molecular flexibility index (Phi) is 6.95. The van der Waals surface area contributed by atoms with Crippen molar-refractivity contribution in [2.75, 3.05) is 13.1 Å². The molecule has 3 aromatic rings. The summed E-state index contributed by atoms with van der Waals surface area (Å²) in [4.78, 5) is 18.9. The van der Waals surface area contributed by atoms with E-state index in [2.05, 4.69) is 48.9 Å². The van der Waals surface area contributed by atoms with Crippen LogP contribution in [0.4, 0.5) is 0 Å². The molecule has 3 nitrogen and oxygen atoms in total. The highest BCUT2D eigenvalue weighted by Gasteiger charge is 2.50. The minimum Gasteiger partial charge on any atom is -0.375 e. The number of benzene rings is 1. The molecule has 1 aliphatic heterocycles. The molecule has 1 saturated heterocycles. The molecule has 35 heavy (non-hydrogen) atoms.